The van der Waals surface area contributed by atoms with Crippen LogP contribution in [0.5, 0.6) is 0 Å². The highest BCUT2D eigenvalue weighted by molar-refractivity contribution is 7.92. The van der Waals surface area contributed by atoms with Crippen molar-refractivity contribution in [3.63, 3.8) is 0 Å². The van der Waals surface area contributed by atoms with Gasteiger partial charge in [0.25, 0.3) is 0 Å². The zero-order valence-electron chi connectivity index (χ0n) is 10.8. The minimum absolute atomic E-state index is 0.0563. The van der Waals surface area contributed by atoms with Gasteiger partial charge in [0.1, 0.15) is 12.4 Å². The summed E-state index contributed by atoms with van der Waals surface area (Å²) in [6.45, 7) is -0.142. The fourth-order valence-electron chi connectivity index (χ4n) is 1.42. The first-order valence-corrected chi connectivity index (χ1v) is 7.38. The number of carbonyl (C=O) groups excluding carboxylic acids is 1. The molecule has 0 atom stereocenters. The Morgan fingerprint density at radius 3 is 2.75 bits per heavy atom. The van der Waals surface area contributed by atoms with Gasteiger partial charge in [0.05, 0.1) is 18.6 Å². The minimum atomic E-state index is -3.42. The van der Waals surface area contributed by atoms with E-state index in [2.05, 4.69) is 25.3 Å². The maximum atomic E-state index is 11.7. The van der Waals surface area contributed by atoms with E-state index in [1.165, 1.54) is 10.9 Å². The number of carbonyl (C=O) groups is 1. The summed E-state index contributed by atoms with van der Waals surface area (Å²) >= 11 is 0. The fourth-order valence-corrected chi connectivity index (χ4v) is 1.89. The molecule has 0 saturated carbocycles. The molecule has 2 aromatic rings. The number of nitrogens with one attached hydrogen (secondary N) is 2. The first kappa shape index (κ1) is 14.0. The monoisotopic (exact) mass is 299 g/mol. The number of hydrogen-bond acceptors (Lipinski definition) is 6. The second kappa shape index (κ2) is 5.28. The van der Waals surface area contributed by atoms with Crippen LogP contribution in [0.2, 0.25) is 0 Å². The van der Waals surface area contributed by atoms with Crippen molar-refractivity contribution in [3.8, 4) is 0 Å². The van der Waals surface area contributed by atoms with E-state index in [9.17, 15) is 13.2 Å². The van der Waals surface area contributed by atoms with Crippen LogP contribution in [-0.4, -0.2) is 45.4 Å². The minimum Gasteiger partial charge on any atom is -0.309 e. The van der Waals surface area contributed by atoms with Crippen LogP contribution in [0.4, 0.5) is 11.6 Å². The molecule has 0 radical (unpaired) electrons. The van der Waals surface area contributed by atoms with E-state index in [1.54, 1.807) is 19.3 Å². The standard InChI is InChI=1S/C9H13N7O3S/c1-15-8(3-4-10-15)12-9(17)6-16-11-5-7(13-16)14-20(2,18)19/h3-5H,6H2,1-2H3,(H,12,17)(H,13,14). The molecule has 0 bridgehead atoms. The Labute approximate surface area is 114 Å². The molecule has 10 nitrogen and oxygen atoms in total. The number of hydrogen-bond donors (Lipinski definition) is 2. The van der Waals surface area contributed by atoms with Crippen LogP contribution in [0.1, 0.15) is 0 Å². The van der Waals surface area contributed by atoms with Crippen molar-refractivity contribution in [1.29, 1.82) is 0 Å². The van der Waals surface area contributed by atoms with Gasteiger partial charge < -0.3 is 5.32 Å². The Hall–Kier alpha value is -2.43. The van der Waals surface area contributed by atoms with Crippen molar-refractivity contribution in [2.45, 2.75) is 6.54 Å². The molecule has 11 heteroatoms. The van der Waals surface area contributed by atoms with Crippen molar-refractivity contribution in [1.82, 2.24) is 24.8 Å². The lowest BCUT2D eigenvalue weighted by Gasteiger charge is -2.04. The van der Waals surface area contributed by atoms with Crippen LogP contribution in [0.25, 0.3) is 0 Å². The van der Waals surface area contributed by atoms with E-state index >= 15 is 0 Å². The van der Waals surface area contributed by atoms with E-state index in [0.29, 0.717) is 5.82 Å². The third kappa shape index (κ3) is 3.78. The maximum absolute atomic E-state index is 11.7. The lowest BCUT2D eigenvalue weighted by Crippen LogP contribution is -2.21. The highest BCUT2D eigenvalue weighted by atomic mass is 32.2. The molecule has 108 valence electrons. The van der Waals surface area contributed by atoms with Gasteiger partial charge in [-0.3, -0.25) is 14.2 Å². The van der Waals surface area contributed by atoms with Crippen LogP contribution >= 0.6 is 0 Å². The van der Waals surface area contributed by atoms with Gasteiger partial charge in [0.2, 0.25) is 15.9 Å². The summed E-state index contributed by atoms with van der Waals surface area (Å²) in [7, 11) is -1.73. The summed E-state index contributed by atoms with van der Waals surface area (Å²) in [6.07, 6.45) is 3.77. The normalized spacial score (nSPS) is 11.3. The Balaban J connectivity index is 1.97. The lowest BCUT2D eigenvalue weighted by atomic mass is 10.5. The molecule has 2 N–H and O–H groups in total. The highest BCUT2D eigenvalue weighted by Gasteiger charge is 2.10. The van der Waals surface area contributed by atoms with Crippen LogP contribution < -0.4 is 10.0 Å². The number of nitrogens with zero attached hydrogens (tertiary/aromatic N) is 5. The summed E-state index contributed by atoms with van der Waals surface area (Å²) in [4.78, 5) is 12.8. The fraction of sp³-hybridized carbons (Fsp3) is 0.333. The summed E-state index contributed by atoms with van der Waals surface area (Å²) < 4.78 is 25.7. The van der Waals surface area contributed by atoms with Crippen molar-refractivity contribution in [2.75, 3.05) is 16.3 Å². The predicted molar refractivity (Wildman–Crippen MR) is 70.3 cm³/mol. The van der Waals surface area contributed by atoms with E-state index in [4.69, 9.17) is 0 Å². The Kier molecular flexibility index (Phi) is 3.70. The van der Waals surface area contributed by atoms with Gasteiger partial charge in [-0.2, -0.15) is 15.0 Å². The Morgan fingerprint density at radius 1 is 1.40 bits per heavy atom. The summed E-state index contributed by atoms with van der Waals surface area (Å²) in [6, 6.07) is 1.64. The highest BCUT2D eigenvalue weighted by Crippen LogP contribution is 2.04. The first-order chi connectivity index (χ1) is 9.33. The third-order valence-corrected chi connectivity index (χ3v) is 2.78. The van der Waals surface area contributed by atoms with Crippen molar-refractivity contribution >= 4 is 27.6 Å². The largest absolute Gasteiger partial charge is 0.309 e. The van der Waals surface area contributed by atoms with Gasteiger partial charge >= 0.3 is 0 Å². The van der Waals surface area contributed by atoms with E-state index in [-0.39, 0.29) is 18.3 Å². The molecule has 0 aliphatic rings. The molecular weight excluding hydrogens is 286 g/mol. The summed E-state index contributed by atoms with van der Waals surface area (Å²) in [5, 5.41) is 14.1. The van der Waals surface area contributed by atoms with Gasteiger partial charge in [-0.1, -0.05) is 0 Å². The van der Waals surface area contributed by atoms with Gasteiger partial charge in [-0.25, -0.2) is 8.42 Å². The smallest absolute Gasteiger partial charge is 0.249 e. The van der Waals surface area contributed by atoms with Gasteiger partial charge in [0, 0.05) is 13.1 Å². The molecule has 2 heterocycles. The van der Waals surface area contributed by atoms with Crippen molar-refractivity contribution in [3.05, 3.63) is 18.5 Å². The maximum Gasteiger partial charge on any atom is 0.249 e. The average Bonchev–Trinajstić information content (AvgIpc) is 2.87. The molecule has 0 spiro atoms. The second-order valence-corrected chi connectivity index (χ2v) is 5.77. The zero-order valence-corrected chi connectivity index (χ0v) is 11.6. The quantitative estimate of drug-likeness (QED) is 0.731. The zero-order chi connectivity index (χ0) is 14.8. The Bertz CT molecular complexity index is 717. The molecular formula is C9H13N7O3S. The van der Waals surface area contributed by atoms with Gasteiger partial charge in [-0.05, 0) is 0 Å². The van der Waals surface area contributed by atoms with E-state index in [0.717, 1.165) is 11.1 Å². The van der Waals surface area contributed by atoms with Crippen molar-refractivity contribution in [2.24, 2.45) is 7.05 Å². The number of sulfonamides is 1. The number of aryl methyl sites for hydroxylation is 1. The molecule has 0 unspecified atom stereocenters. The third-order valence-electron chi connectivity index (χ3n) is 2.20. The number of anilines is 2. The van der Waals surface area contributed by atoms with Gasteiger partial charge in [-0.15, -0.1) is 5.10 Å². The molecule has 0 aliphatic carbocycles. The molecule has 0 fully saturated rings. The molecule has 0 aromatic carbocycles. The molecule has 2 aromatic heterocycles. The van der Waals surface area contributed by atoms with Crippen LogP contribution in [0.3, 0.4) is 0 Å². The van der Waals surface area contributed by atoms with Crippen LogP contribution in [0.15, 0.2) is 18.5 Å². The lowest BCUT2D eigenvalue weighted by molar-refractivity contribution is -0.117. The topological polar surface area (TPSA) is 124 Å². The van der Waals surface area contributed by atoms with Crippen LogP contribution in [0, 0.1) is 0 Å². The first-order valence-electron chi connectivity index (χ1n) is 5.49. The number of aromatic nitrogens is 5. The number of amides is 1. The average molecular weight is 299 g/mol. The molecule has 20 heavy (non-hydrogen) atoms. The molecule has 1 amide bonds. The van der Waals surface area contributed by atoms with Crippen LogP contribution in [-0.2, 0) is 28.4 Å². The SMILES string of the molecule is Cn1nccc1NC(=O)Cn1ncc(NS(C)(=O)=O)n1. The summed E-state index contributed by atoms with van der Waals surface area (Å²) in [5.74, 6) is 0.243. The van der Waals surface area contributed by atoms with Crippen molar-refractivity contribution < 1.29 is 13.2 Å². The summed E-state index contributed by atoms with van der Waals surface area (Å²) in [5.41, 5.74) is 0. The predicted octanol–water partition coefficient (Wildman–Crippen LogP) is -0.978. The molecule has 0 saturated heterocycles. The Morgan fingerprint density at radius 2 is 2.15 bits per heavy atom. The number of rotatable bonds is 5. The second-order valence-electron chi connectivity index (χ2n) is 4.02. The molecule has 0 aliphatic heterocycles. The van der Waals surface area contributed by atoms with E-state index < -0.39 is 10.0 Å². The van der Waals surface area contributed by atoms with E-state index in [1.807, 2.05) is 0 Å². The molecule has 2 rings (SSSR count). The van der Waals surface area contributed by atoms with Gasteiger partial charge in [0.15, 0.2) is 5.82 Å².